The van der Waals surface area contributed by atoms with E-state index in [1.165, 1.54) is 17.8 Å². The lowest BCUT2D eigenvalue weighted by Crippen LogP contribution is -2.46. The predicted molar refractivity (Wildman–Crippen MR) is 84.8 cm³/mol. The van der Waals surface area contributed by atoms with E-state index < -0.39 is 0 Å². The van der Waals surface area contributed by atoms with Crippen molar-refractivity contribution in [3.8, 4) is 0 Å². The molecule has 0 atom stereocenters. The van der Waals surface area contributed by atoms with Crippen molar-refractivity contribution >= 4 is 22.8 Å². The molecule has 1 aliphatic rings. The van der Waals surface area contributed by atoms with Gasteiger partial charge in [0, 0.05) is 37.9 Å². The van der Waals surface area contributed by atoms with Crippen LogP contribution in [0, 0.1) is 5.82 Å². The molecule has 1 saturated heterocycles. The van der Waals surface area contributed by atoms with Crippen molar-refractivity contribution in [1.82, 2.24) is 4.98 Å². The molecule has 2 aromatic carbocycles. The van der Waals surface area contributed by atoms with Gasteiger partial charge in [-0.25, -0.2) is 4.39 Å². The number of piperazine rings is 1. The second-order valence-electron chi connectivity index (χ2n) is 5.42. The summed E-state index contributed by atoms with van der Waals surface area (Å²) in [5.74, 6) is -0.302. The molecule has 4 nitrogen and oxygen atoms in total. The van der Waals surface area contributed by atoms with E-state index in [9.17, 15) is 4.39 Å². The van der Waals surface area contributed by atoms with E-state index in [1.54, 1.807) is 6.07 Å². The van der Waals surface area contributed by atoms with Gasteiger partial charge in [-0.2, -0.15) is 4.98 Å². The number of halogens is 1. The molecule has 3 aromatic rings. The molecular weight excluding hydrogens is 281 g/mol. The van der Waals surface area contributed by atoms with Gasteiger partial charge in [-0.05, 0) is 24.3 Å². The van der Waals surface area contributed by atoms with Crippen molar-refractivity contribution in [3.63, 3.8) is 0 Å². The third-order valence-corrected chi connectivity index (χ3v) is 4.01. The third kappa shape index (κ3) is 2.39. The number of nitrogens with zero attached hydrogens (tertiary/aromatic N) is 3. The quantitative estimate of drug-likeness (QED) is 0.726. The van der Waals surface area contributed by atoms with E-state index in [1.807, 2.05) is 6.07 Å². The van der Waals surface area contributed by atoms with E-state index in [4.69, 9.17) is 4.42 Å². The van der Waals surface area contributed by atoms with Crippen molar-refractivity contribution in [3.05, 3.63) is 54.3 Å². The van der Waals surface area contributed by atoms with Gasteiger partial charge >= 0.3 is 0 Å². The summed E-state index contributed by atoms with van der Waals surface area (Å²) < 4.78 is 18.9. The number of para-hydroxylation sites is 1. The summed E-state index contributed by atoms with van der Waals surface area (Å²) in [6.45, 7) is 3.50. The SMILES string of the molecule is Fc1ccc2nc(N3CCN(c4ccccc4)CC3)oc2c1. The number of benzene rings is 2. The number of hydrogen-bond donors (Lipinski definition) is 0. The molecule has 0 unspecified atom stereocenters. The zero-order valence-corrected chi connectivity index (χ0v) is 12.1. The lowest BCUT2D eigenvalue weighted by atomic mass is 10.2. The number of anilines is 2. The molecule has 5 heteroatoms. The first-order valence-corrected chi connectivity index (χ1v) is 7.41. The van der Waals surface area contributed by atoms with Crippen LogP contribution in [0.4, 0.5) is 16.1 Å². The maximum Gasteiger partial charge on any atom is 0.298 e. The summed E-state index contributed by atoms with van der Waals surface area (Å²) >= 11 is 0. The molecule has 1 aliphatic heterocycles. The van der Waals surface area contributed by atoms with Gasteiger partial charge in [0.25, 0.3) is 6.01 Å². The smallest absolute Gasteiger partial charge is 0.298 e. The van der Waals surface area contributed by atoms with Gasteiger partial charge in [0.15, 0.2) is 5.58 Å². The number of hydrogen-bond acceptors (Lipinski definition) is 4. The van der Waals surface area contributed by atoms with Crippen LogP contribution in [0.2, 0.25) is 0 Å². The summed E-state index contributed by atoms with van der Waals surface area (Å²) in [6, 6.07) is 15.4. The van der Waals surface area contributed by atoms with Crippen molar-refractivity contribution < 1.29 is 8.81 Å². The van der Waals surface area contributed by atoms with Crippen LogP contribution in [-0.2, 0) is 0 Å². The van der Waals surface area contributed by atoms with Crippen LogP contribution in [0.25, 0.3) is 11.1 Å². The molecule has 112 valence electrons. The van der Waals surface area contributed by atoms with Crippen molar-refractivity contribution in [2.75, 3.05) is 36.0 Å². The highest BCUT2D eigenvalue weighted by atomic mass is 19.1. The number of fused-ring (bicyclic) bond motifs is 1. The second-order valence-corrected chi connectivity index (χ2v) is 5.42. The number of oxazole rings is 1. The molecule has 22 heavy (non-hydrogen) atoms. The molecule has 0 N–H and O–H groups in total. The Balaban J connectivity index is 1.50. The Labute approximate surface area is 127 Å². The van der Waals surface area contributed by atoms with Gasteiger partial charge in [-0.3, -0.25) is 0 Å². The minimum absolute atomic E-state index is 0.302. The molecule has 0 saturated carbocycles. The topological polar surface area (TPSA) is 32.5 Å². The van der Waals surface area contributed by atoms with Crippen molar-refractivity contribution in [1.29, 1.82) is 0 Å². The normalized spacial score (nSPS) is 15.5. The van der Waals surface area contributed by atoms with Gasteiger partial charge in [-0.15, -0.1) is 0 Å². The first-order valence-electron chi connectivity index (χ1n) is 7.41. The molecule has 1 aromatic heterocycles. The molecule has 2 heterocycles. The summed E-state index contributed by atoms with van der Waals surface area (Å²) in [6.07, 6.45) is 0. The van der Waals surface area contributed by atoms with E-state index in [2.05, 4.69) is 39.0 Å². The average Bonchev–Trinajstić information content (AvgIpc) is 2.99. The summed E-state index contributed by atoms with van der Waals surface area (Å²) in [7, 11) is 0. The van der Waals surface area contributed by atoms with Crippen molar-refractivity contribution in [2.24, 2.45) is 0 Å². The molecule has 4 rings (SSSR count). The van der Waals surface area contributed by atoms with Gasteiger partial charge in [0.2, 0.25) is 0 Å². The number of rotatable bonds is 2. The van der Waals surface area contributed by atoms with Crippen LogP contribution >= 0.6 is 0 Å². The largest absolute Gasteiger partial charge is 0.423 e. The van der Waals surface area contributed by atoms with Crippen LogP contribution in [0.15, 0.2) is 52.9 Å². The van der Waals surface area contributed by atoms with Crippen LogP contribution in [-0.4, -0.2) is 31.2 Å². The van der Waals surface area contributed by atoms with Crippen LogP contribution in [0.3, 0.4) is 0 Å². The Hall–Kier alpha value is -2.56. The summed E-state index contributed by atoms with van der Waals surface area (Å²) in [5, 5.41) is 0. The Bertz CT molecular complexity index is 779. The highest BCUT2D eigenvalue weighted by Gasteiger charge is 2.21. The minimum atomic E-state index is -0.302. The Morgan fingerprint density at radius 2 is 1.64 bits per heavy atom. The Kier molecular flexibility index (Phi) is 3.18. The molecular formula is C17H16FN3O. The molecule has 0 bridgehead atoms. The lowest BCUT2D eigenvalue weighted by molar-refractivity contribution is 0.539. The maximum atomic E-state index is 13.2. The second kappa shape index (κ2) is 5.33. The van der Waals surface area contributed by atoms with Gasteiger partial charge in [0.1, 0.15) is 11.3 Å². The Morgan fingerprint density at radius 1 is 0.909 bits per heavy atom. The minimum Gasteiger partial charge on any atom is -0.423 e. The van der Waals surface area contributed by atoms with E-state index in [0.717, 1.165) is 26.2 Å². The average molecular weight is 297 g/mol. The zero-order valence-electron chi connectivity index (χ0n) is 12.1. The number of aromatic nitrogens is 1. The standard InChI is InChI=1S/C17H16FN3O/c18-13-6-7-15-16(12-13)22-17(19-15)21-10-8-20(9-11-21)14-4-2-1-3-5-14/h1-7,12H,8-11H2. The van der Waals surface area contributed by atoms with Gasteiger partial charge in [0.05, 0.1) is 0 Å². The maximum absolute atomic E-state index is 13.2. The van der Waals surface area contributed by atoms with E-state index >= 15 is 0 Å². The molecule has 1 fully saturated rings. The highest BCUT2D eigenvalue weighted by molar-refractivity contribution is 5.74. The predicted octanol–water partition coefficient (Wildman–Crippen LogP) is 3.29. The highest BCUT2D eigenvalue weighted by Crippen LogP contribution is 2.24. The Morgan fingerprint density at radius 3 is 2.41 bits per heavy atom. The first kappa shape index (κ1) is 13.1. The molecule has 0 amide bonds. The van der Waals surface area contributed by atoms with E-state index in [0.29, 0.717) is 17.1 Å². The van der Waals surface area contributed by atoms with Crippen LogP contribution in [0.5, 0.6) is 0 Å². The zero-order chi connectivity index (χ0) is 14.9. The fourth-order valence-corrected chi connectivity index (χ4v) is 2.82. The first-order chi connectivity index (χ1) is 10.8. The summed E-state index contributed by atoms with van der Waals surface area (Å²) in [4.78, 5) is 8.90. The third-order valence-electron chi connectivity index (χ3n) is 4.01. The summed E-state index contributed by atoms with van der Waals surface area (Å²) in [5.41, 5.74) is 2.43. The molecule has 0 radical (unpaired) electrons. The lowest BCUT2D eigenvalue weighted by Gasteiger charge is -2.35. The van der Waals surface area contributed by atoms with E-state index in [-0.39, 0.29) is 5.82 Å². The van der Waals surface area contributed by atoms with Crippen LogP contribution < -0.4 is 9.80 Å². The molecule has 0 spiro atoms. The van der Waals surface area contributed by atoms with Gasteiger partial charge < -0.3 is 14.2 Å². The van der Waals surface area contributed by atoms with Crippen LogP contribution in [0.1, 0.15) is 0 Å². The fourth-order valence-electron chi connectivity index (χ4n) is 2.82. The fraction of sp³-hybridized carbons (Fsp3) is 0.235. The molecule has 0 aliphatic carbocycles. The van der Waals surface area contributed by atoms with Crippen molar-refractivity contribution in [2.45, 2.75) is 0 Å². The van der Waals surface area contributed by atoms with Gasteiger partial charge in [-0.1, -0.05) is 18.2 Å². The monoisotopic (exact) mass is 297 g/mol.